The Balaban J connectivity index is 1.69. The minimum atomic E-state index is 0.533. The van der Waals surface area contributed by atoms with Crippen LogP contribution < -0.4 is 20.1 Å². The highest BCUT2D eigenvalue weighted by atomic mass is 35.5. The standard InChI is InChI=1S/C18H22ClN3O2/c1-20-18(22-13-14-3-7-16(23-2)8-4-14)21-11-12-24-17-9-5-15(19)6-10-17/h3-10H,11-13H2,1-2H3,(H2,20,21,22). The first-order chi connectivity index (χ1) is 11.7. The van der Waals surface area contributed by atoms with Gasteiger partial charge in [0.1, 0.15) is 18.1 Å². The van der Waals surface area contributed by atoms with E-state index in [4.69, 9.17) is 21.1 Å². The fourth-order valence-corrected chi connectivity index (χ4v) is 2.14. The zero-order valence-electron chi connectivity index (χ0n) is 13.9. The van der Waals surface area contributed by atoms with Crippen molar-refractivity contribution in [1.29, 1.82) is 0 Å². The smallest absolute Gasteiger partial charge is 0.191 e. The summed E-state index contributed by atoms with van der Waals surface area (Å²) in [6, 6.07) is 15.2. The van der Waals surface area contributed by atoms with Gasteiger partial charge in [-0.3, -0.25) is 4.99 Å². The van der Waals surface area contributed by atoms with E-state index in [0.29, 0.717) is 24.7 Å². The fraction of sp³-hybridized carbons (Fsp3) is 0.278. The van der Waals surface area contributed by atoms with E-state index in [1.807, 2.05) is 36.4 Å². The minimum absolute atomic E-state index is 0.533. The molecule has 0 saturated heterocycles. The van der Waals surface area contributed by atoms with Gasteiger partial charge in [0, 0.05) is 18.6 Å². The maximum Gasteiger partial charge on any atom is 0.191 e. The second-order valence-corrected chi connectivity index (χ2v) is 5.44. The van der Waals surface area contributed by atoms with Crippen LogP contribution in [0.2, 0.25) is 5.02 Å². The summed E-state index contributed by atoms with van der Waals surface area (Å²) in [4.78, 5) is 4.19. The van der Waals surface area contributed by atoms with Gasteiger partial charge in [-0.05, 0) is 42.0 Å². The van der Waals surface area contributed by atoms with E-state index >= 15 is 0 Å². The number of rotatable bonds is 7. The minimum Gasteiger partial charge on any atom is -0.497 e. The molecule has 0 unspecified atom stereocenters. The Labute approximate surface area is 147 Å². The van der Waals surface area contributed by atoms with Crippen molar-refractivity contribution < 1.29 is 9.47 Å². The average molecular weight is 348 g/mol. The van der Waals surface area contributed by atoms with E-state index in [2.05, 4.69) is 15.6 Å². The van der Waals surface area contributed by atoms with Gasteiger partial charge in [-0.15, -0.1) is 0 Å². The largest absolute Gasteiger partial charge is 0.497 e. The van der Waals surface area contributed by atoms with Gasteiger partial charge in [-0.25, -0.2) is 0 Å². The molecule has 0 amide bonds. The van der Waals surface area contributed by atoms with Crippen molar-refractivity contribution in [3.8, 4) is 11.5 Å². The number of ether oxygens (including phenoxy) is 2. The molecule has 0 saturated carbocycles. The number of hydrogen-bond acceptors (Lipinski definition) is 3. The molecular formula is C18H22ClN3O2. The van der Waals surface area contributed by atoms with Gasteiger partial charge in [0.05, 0.1) is 13.7 Å². The lowest BCUT2D eigenvalue weighted by Gasteiger charge is -2.13. The molecule has 0 aliphatic carbocycles. The molecule has 2 aromatic carbocycles. The van der Waals surface area contributed by atoms with Crippen LogP contribution in [0.3, 0.4) is 0 Å². The average Bonchev–Trinajstić information content (AvgIpc) is 2.63. The van der Waals surface area contributed by atoms with E-state index < -0.39 is 0 Å². The number of methoxy groups -OCH3 is 1. The van der Waals surface area contributed by atoms with Gasteiger partial charge < -0.3 is 20.1 Å². The molecule has 24 heavy (non-hydrogen) atoms. The van der Waals surface area contributed by atoms with Crippen molar-refractivity contribution in [1.82, 2.24) is 10.6 Å². The molecule has 0 aliphatic rings. The fourth-order valence-electron chi connectivity index (χ4n) is 2.02. The molecule has 2 aromatic rings. The van der Waals surface area contributed by atoms with Crippen LogP contribution in [0.15, 0.2) is 53.5 Å². The van der Waals surface area contributed by atoms with Gasteiger partial charge in [0.2, 0.25) is 0 Å². The summed E-state index contributed by atoms with van der Waals surface area (Å²) in [5.74, 6) is 2.37. The molecule has 0 bridgehead atoms. The van der Waals surface area contributed by atoms with E-state index in [-0.39, 0.29) is 0 Å². The van der Waals surface area contributed by atoms with Crippen LogP contribution in [0.1, 0.15) is 5.56 Å². The Morgan fingerprint density at radius 3 is 2.29 bits per heavy atom. The highest BCUT2D eigenvalue weighted by Gasteiger charge is 1.99. The second kappa shape index (κ2) is 9.67. The molecule has 0 radical (unpaired) electrons. The van der Waals surface area contributed by atoms with Gasteiger partial charge in [-0.2, -0.15) is 0 Å². The van der Waals surface area contributed by atoms with Crippen LogP contribution in [0.25, 0.3) is 0 Å². The predicted octanol–water partition coefficient (Wildman–Crippen LogP) is 3.09. The lowest BCUT2D eigenvalue weighted by Crippen LogP contribution is -2.38. The highest BCUT2D eigenvalue weighted by Crippen LogP contribution is 2.15. The zero-order chi connectivity index (χ0) is 17.2. The molecule has 128 valence electrons. The Morgan fingerprint density at radius 2 is 1.67 bits per heavy atom. The third-order valence-corrected chi connectivity index (χ3v) is 3.57. The number of nitrogens with zero attached hydrogens (tertiary/aromatic N) is 1. The predicted molar refractivity (Wildman–Crippen MR) is 98.1 cm³/mol. The molecule has 5 nitrogen and oxygen atoms in total. The zero-order valence-corrected chi connectivity index (χ0v) is 14.6. The van der Waals surface area contributed by atoms with Crippen LogP contribution in [-0.4, -0.2) is 33.3 Å². The van der Waals surface area contributed by atoms with Gasteiger partial charge in [0.25, 0.3) is 0 Å². The van der Waals surface area contributed by atoms with Crippen molar-refractivity contribution in [2.24, 2.45) is 4.99 Å². The molecule has 2 N–H and O–H groups in total. The Hall–Kier alpha value is -2.40. The maximum absolute atomic E-state index is 5.84. The molecule has 0 heterocycles. The van der Waals surface area contributed by atoms with Crippen LogP contribution in [0.4, 0.5) is 0 Å². The monoisotopic (exact) mass is 347 g/mol. The Bertz CT molecular complexity index is 642. The van der Waals surface area contributed by atoms with Crippen LogP contribution >= 0.6 is 11.6 Å². The van der Waals surface area contributed by atoms with E-state index in [0.717, 1.165) is 23.0 Å². The number of hydrogen-bond donors (Lipinski definition) is 2. The van der Waals surface area contributed by atoms with E-state index in [1.165, 1.54) is 0 Å². The van der Waals surface area contributed by atoms with E-state index in [1.54, 1.807) is 26.3 Å². The molecule has 0 spiro atoms. The third-order valence-electron chi connectivity index (χ3n) is 3.32. The van der Waals surface area contributed by atoms with Crippen LogP contribution in [0.5, 0.6) is 11.5 Å². The van der Waals surface area contributed by atoms with Crippen molar-refractivity contribution in [2.45, 2.75) is 6.54 Å². The topological polar surface area (TPSA) is 54.9 Å². The number of aliphatic imine (C=N–C) groups is 1. The lowest BCUT2D eigenvalue weighted by molar-refractivity contribution is 0.322. The first kappa shape index (κ1) is 17.9. The number of halogens is 1. The first-order valence-corrected chi connectivity index (χ1v) is 8.05. The summed E-state index contributed by atoms with van der Waals surface area (Å²) in [6.45, 7) is 1.86. The lowest BCUT2D eigenvalue weighted by atomic mass is 10.2. The normalized spacial score (nSPS) is 11.0. The van der Waals surface area contributed by atoms with Crippen molar-refractivity contribution >= 4 is 17.6 Å². The molecular weight excluding hydrogens is 326 g/mol. The third kappa shape index (κ3) is 6.01. The molecule has 0 aliphatic heterocycles. The van der Waals surface area contributed by atoms with Crippen LogP contribution in [-0.2, 0) is 6.54 Å². The quantitative estimate of drug-likeness (QED) is 0.459. The van der Waals surface area contributed by atoms with Gasteiger partial charge in [0.15, 0.2) is 5.96 Å². The summed E-state index contributed by atoms with van der Waals surface area (Å²) in [6.07, 6.45) is 0. The maximum atomic E-state index is 5.84. The number of guanidine groups is 1. The molecule has 0 atom stereocenters. The first-order valence-electron chi connectivity index (χ1n) is 7.67. The summed E-state index contributed by atoms with van der Waals surface area (Å²) in [5, 5.41) is 7.16. The van der Waals surface area contributed by atoms with Crippen molar-refractivity contribution in [3.05, 3.63) is 59.1 Å². The Morgan fingerprint density at radius 1 is 1.00 bits per heavy atom. The van der Waals surface area contributed by atoms with Gasteiger partial charge in [-0.1, -0.05) is 23.7 Å². The summed E-state index contributed by atoms with van der Waals surface area (Å²) >= 11 is 5.84. The summed E-state index contributed by atoms with van der Waals surface area (Å²) in [5.41, 5.74) is 1.15. The Kier molecular flexibility index (Phi) is 7.23. The second-order valence-electron chi connectivity index (χ2n) is 5.00. The highest BCUT2D eigenvalue weighted by molar-refractivity contribution is 6.30. The SMILES string of the molecule is CN=C(NCCOc1ccc(Cl)cc1)NCc1ccc(OC)cc1. The molecule has 0 aromatic heterocycles. The molecule has 0 fully saturated rings. The summed E-state index contributed by atoms with van der Waals surface area (Å²) < 4.78 is 10.8. The van der Waals surface area contributed by atoms with Crippen molar-refractivity contribution in [3.63, 3.8) is 0 Å². The van der Waals surface area contributed by atoms with Crippen LogP contribution in [0, 0.1) is 0 Å². The van der Waals surface area contributed by atoms with Crippen molar-refractivity contribution in [2.75, 3.05) is 27.3 Å². The summed E-state index contributed by atoms with van der Waals surface area (Å²) in [7, 11) is 3.40. The number of benzene rings is 2. The molecule has 6 heteroatoms. The molecule has 2 rings (SSSR count). The number of nitrogens with one attached hydrogen (secondary N) is 2. The van der Waals surface area contributed by atoms with E-state index in [9.17, 15) is 0 Å². The van der Waals surface area contributed by atoms with Gasteiger partial charge >= 0.3 is 0 Å².